The van der Waals surface area contributed by atoms with E-state index in [1.165, 1.54) is 0 Å². The van der Waals surface area contributed by atoms with Crippen LogP contribution in [0.5, 0.6) is 0 Å². The van der Waals surface area contributed by atoms with Crippen LogP contribution in [0.25, 0.3) is 0 Å². The normalized spacial score (nSPS) is 12.4. The van der Waals surface area contributed by atoms with Crippen molar-refractivity contribution in [2.75, 3.05) is 0 Å². The zero-order chi connectivity index (χ0) is 11.5. The molecule has 1 aromatic carbocycles. The molecule has 0 radical (unpaired) electrons. The Labute approximate surface area is 107 Å². The van der Waals surface area contributed by atoms with Gasteiger partial charge < -0.3 is 5.11 Å². The third-order valence-corrected chi connectivity index (χ3v) is 3.02. The molecule has 0 bridgehead atoms. The number of aliphatic hydroxyl groups excluding tert-OH is 1. The minimum Gasteiger partial charge on any atom is -0.384 e. The predicted molar refractivity (Wildman–Crippen MR) is 67.5 cm³/mol. The number of hydrogen-bond donors (Lipinski definition) is 1. The molecule has 0 spiro atoms. The molecule has 1 unspecified atom stereocenters. The average molecular weight is 299 g/mol. The van der Waals surface area contributed by atoms with Crippen LogP contribution in [0.4, 0.5) is 0 Å². The van der Waals surface area contributed by atoms with Gasteiger partial charge in [0, 0.05) is 33.0 Å². The topological polar surface area (TPSA) is 33.1 Å². The molecule has 0 saturated heterocycles. The van der Waals surface area contributed by atoms with Crippen molar-refractivity contribution >= 4 is 27.5 Å². The molecule has 1 aromatic heterocycles. The third kappa shape index (κ3) is 2.43. The molecule has 0 fully saturated rings. The summed E-state index contributed by atoms with van der Waals surface area (Å²) in [5.41, 5.74) is 1.39. The van der Waals surface area contributed by atoms with Crippen LogP contribution < -0.4 is 0 Å². The maximum atomic E-state index is 10.2. The summed E-state index contributed by atoms with van der Waals surface area (Å²) < 4.78 is 0.830. The summed E-state index contributed by atoms with van der Waals surface area (Å²) in [6.45, 7) is 0. The van der Waals surface area contributed by atoms with Crippen molar-refractivity contribution in [2.45, 2.75) is 6.10 Å². The lowest BCUT2D eigenvalue weighted by molar-refractivity contribution is 0.220. The van der Waals surface area contributed by atoms with E-state index in [0.717, 1.165) is 4.47 Å². The highest BCUT2D eigenvalue weighted by molar-refractivity contribution is 9.10. The van der Waals surface area contributed by atoms with E-state index in [4.69, 9.17) is 11.6 Å². The number of aromatic nitrogens is 1. The molecule has 0 aliphatic rings. The quantitative estimate of drug-likeness (QED) is 0.919. The van der Waals surface area contributed by atoms with Crippen LogP contribution in [0.15, 0.2) is 47.2 Å². The van der Waals surface area contributed by atoms with Crippen molar-refractivity contribution in [1.82, 2.24) is 4.98 Å². The Morgan fingerprint density at radius 2 is 2.00 bits per heavy atom. The summed E-state index contributed by atoms with van der Waals surface area (Å²) in [5.74, 6) is 0. The van der Waals surface area contributed by atoms with E-state index in [1.807, 2.05) is 18.2 Å². The second-order valence-electron chi connectivity index (χ2n) is 3.36. The summed E-state index contributed by atoms with van der Waals surface area (Å²) in [7, 11) is 0. The highest BCUT2D eigenvalue weighted by Gasteiger charge is 2.13. The van der Waals surface area contributed by atoms with Gasteiger partial charge in [0.15, 0.2) is 0 Å². The monoisotopic (exact) mass is 297 g/mol. The van der Waals surface area contributed by atoms with Gasteiger partial charge in [0.2, 0.25) is 0 Å². The van der Waals surface area contributed by atoms with Gasteiger partial charge in [-0.2, -0.15) is 0 Å². The van der Waals surface area contributed by atoms with Crippen molar-refractivity contribution in [3.63, 3.8) is 0 Å². The molecule has 0 saturated carbocycles. The lowest BCUT2D eigenvalue weighted by atomic mass is 10.0. The smallest absolute Gasteiger partial charge is 0.107 e. The van der Waals surface area contributed by atoms with Crippen molar-refractivity contribution < 1.29 is 5.11 Å². The molecule has 1 N–H and O–H groups in total. The molecule has 0 aliphatic carbocycles. The maximum Gasteiger partial charge on any atom is 0.107 e. The van der Waals surface area contributed by atoms with Crippen molar-refractivity contribution in [2.24, 2.45) is 0 Å². The number of halogens is 2. The number of nitrogens with zero attached hydrogens (tertiary/aromatic N) is 1. The fraction of sp³-hybridized carbons (Fsp3) is 0.0833. The van der Waals surface area contributed by atoms with Gasteiger partial charge in [0.25, 0.3) is 0 Å². The van der Waals surface area contributed by atoms with Gasteiger partial charge in [0.1, 0.15) is 6.10 Å². The second-order valence-corrected chi connectivity index (χ2v) is 4.68. The van der Waals surface area contributed by atoms with E-state index < -0.39 is 6.10 Å². The van der Waals surface area contributed by atoms with Crippen molar-refractivity contribution in [3.8, 4) is 0 Å². The van der Waals surface area contributed by atoms with E-state index in [-0.39, 0.29) is 0 Å². The van der Waals surface area contributed by atoms with Crippen LogP contribution in [-0.2, 0) is 0 Å². The highest BCUT2D eigenvalue weighted by atomic mass is 79.9. The largest absolute Gasteiger partial charge is 0.384 e. The zero-order valence-electron chi connectivity index (χ0n) is 8.27. The molecule has 82 valence electrons. The van der Waals surface area contributed by atoms with Gasteiger partial charge in [-0.05, 0) is 28.1 Å². The number of benzene rings is 1. The van der Waals surface area contributed by atoms with Crippen molar-refractivity contribution in [3.05, 3.63) is 63.3 Å². The summed E-state index contributed by atoms with van der Waals surface area (Å²) >= 11 is 9.33. The van der Waals surface area contributed by atoms with E-state index in [2.05, 4.69) is 20.9 Å². The Hall–Kier alpha value is -0.900. The molecule has 16 heavy (non-hydrogen) atoms. The van der Waals surface area contributed by atoms with E-state index in [0.29, 0.717) is 16.1 Å². The van der Waals surface area contributed by atoms with Crippen LogP contribution in [0, 0.1) is 0 Å². The minimum atomic E-state index is -0.751. The first-order chi connectivity index (χ1) is 7.68. The van der Waals surface area contributed by atoms with Gasteiger partial charge >= 0.3 is 0 Å². The first-order valence-corrected chi connectivity index (χ1v) is 5.88. The SMILES string of the molecule is OC(c1cncc(Br)c1)c1ccccc1Cl. The standard InChI is InChI=1S/C12H9BrClNO/c13-9-5-8(6-15-7-9)12(16)10-3-1-2-4-11(10)14/h1-7,12,16H. The Morgan fingerprint density at radius 3 is 2.69 bits per heavy atom. The molecule has 0 aliphatic heterocycles. The molecule has 2 rings (SSSR count). The van der Waals surface area contributed by atoms with Crippen molar-refractivity contribution in [1.29, 1.82) is 0 Å². The Morgan fingerprint density at radius 1 is 1.25 bits per heavy atom. The number of aliphatic hydroxyl groups is 1. The molecule has 1 heterocycles. The van der Waals surface area contributed by atoms with Crippen LogP contribution in [-0.4, -0.2) is 10.1 Å². The number of hydrogen-bond acceptors (Lipinski definition) is 2. The maximum absolute atomic E-state index is 10.2. The molecule has 2 aromatic rings. The Balaban J connectivity index is 2.39. The first kappa shape index (κ1) is 11.6. The van der Waals surface area contributed by atoms with E-state index in [1.54, 1.807) is 24.5 Å². The van der Waals surface area contributed by atoms with Gasteiger partial charge in [-0.1, -0.05) is 29.8 Å². The second kappa shape index (κ2) is 4.95. The molecule has 0 amide bonds. The number of pyridine rings is 1. The minimum absolute atomic E-state index is 0.551. The van der Waals surface area contributed by atoms with Gasteiger partial charge in [-0.15, -0.1) is 0 Å². The average Bonchev–Trinajstić information content (AvgIpc) is 2.29. The molecule has 1 atom stereocenters. The molecule has 2 nitrogen and oxygen atoms in total. The number of rotatable bonds is 2. The molecule has 4 heteroatoms. The lowest BCUT2D eigenvalue weighted by Crippen LogP contribution is -2.00. The Bertz CT molecular complexity index is 504. The van der Waals surface area contributed by atoms with Crippen LogP contribution >= 0.6 is 27.5 Å². The lowest BCUT2D eigenvalue weighted by Gasteiger charge is -2.12. The third-order valence-electron chi connectivity index (χ3n) is 2.24. The fourth-order valence-electron chi connectivity index (χ4n) is 1.45. The van der Waals surface area contributed by atoms with Gasteiger partial charge in [-0.3, -0.25) is 4.98 Å². The van der Waals surface area contributed by atoms with E-state index >= 15 is 0 Å². The summed E-state index contributed by atoms with van der Waals surface area (Å²) in [4.78, 5) is 4.01. The van der Waals surface area contributed by atoms with Crippen LogP contribution in [0.1, 0.15) is 17.2 Å². The Kier molecular flexibility index (Phi) is 3.59. The zero-order valence-corrected chi connectivity index (χ0v) is 10.6. The fourth-order valence-corrected chi connectivity index (χ4v) is 2.08. The van der Waals surface area contributed by atoms with Crippen LogP contribution in [0.3, 0.4) is 0 Å². The summed E-state index contributed by atoms with van der Waals surface area (Å²) in [5, 5.41) is 10.7. The molecular weight excluding hydrogens is 289 g/mol. The highest BCUT2D eigenvalue weighted by Crippen LogP contribution is 2.28. The summed E-state index contributed by atoms with van der Waals surface area (Å²) in [6.07, 6.45) is 2.54. The van der Waals surface area contributed by atoms with Gasteiger partial charge in [-0.25, -0.2) is 0 Å². The van der Waals surface area contributed by atoms with Gasteiger partial charge in [0.05, 0.1) is 0 Å². The van der Waals surface area contributed by atoms with E-state index in [9.17, 15) is 5.11 Å². The molecular formula is C12H9BrClNO. The predicted octanol–water partition coefficient (Wildman–Crippen LogP) is 3.58. The van der Waals surface area contributed by atoms with Crippen LogP contribution in [0.2, 0.25) is 5.02 Å². The first-order valence-electron chi connectivity index (χ1n) is 4.71. The summed E-state index contributed by atoms with van der Waals surface area (Å²) in [6, 6.07) is 9.05.